The molecule has 2 aliphatic heterocycles. The molecule has 4 aromatic carbocycles. The van der Waals surface area contributed by atoms with Crippen LogP contribution in [0.2, 0.25) is 5.02 Å². The van der Waals surface area contributed by atoms with Gasteiger partial charge in [-0.25, -0.2) is 9.18 Å². The van der Waals surface area contributed by atoms with E-state index in [2.05, 4.69) is 14.8 Å². The van der Waals surface area contributed by atoms with Crippen LogP contribution in [0.25, 0.3) is 43.7 Å². The average molecular weight is 985 g/mol. The molecule has 0 radical (unpaired) electrons. The lowest BCUT2D eigenvalue weighted by Crippen LogP contribution is -2.50. The summed E-state index contributed by atoms with van der Waals surface area (Å²) in [5, 5.41) is 11.0. The predicted octanol–water partition coefficient (Wildman–Crippen LogP) is 9.17. The Kier molecular flexibility index (Phi) is 13.9. The van der Waals surface area contributed by atoms with Crippen molar-refractivity contribution in [3.8, 4) is 22.6 Å². The van der Waals surface area contributed by atoms with E-state index in [0.29, 0.717) is 98.6 Å². The molecule has 16 heteroatoms. The number of benzene rings is 4. The number of aryl methyl sites for hydroxylation is 4. The molecule has 3 amide bonds. The Bertz CT molecular complexity index is 3240. The van der Waals surface area contributed by atoms with E-state index in [1.807, 2.05) is 101 Å². The standard InChI is InChI=1S/C55H59ClFN7O7/c1-32-43(42-18-20-47(65)59-53(42)67)29-36-13-15-38(30-45(36)58-32)70-31-48(66)63-24-21-62(22-25-63)23-26-64-51-41(17-19-44(56)50(51)49-33(2)60-61(7)34(49)3)40(52(64)54(68)71-55(4,5)6)11-9-27-69-46-12-8-10-35-28-37(57)14-16-39(35)46/h8,10,12-17,19,28-30,42H,9,11,18,20-27,31H2,1-7H3,(H,59,65,67). The van der Waals surface area contributed by atoms with E-state index < -0.39 is 17.5 Å². The van der Waals surface area contributed by atoms with E-state index in [9.17, 15) is 23.6 Å². The third-order valence-corrected chi connectivity index (χ3v) is 13.9. The summed E-state index contributed by atoms with van der Waals surface area (Å²) in [4.78, 5) is 61.4. The third-order valence-electron chi connectivity index (χ3n) is 13.6. The van der Waals surface area contributed by atoms with Gasteiger partial charge in [0.1, 0.15) is 28.6 Å². The number of carbonyl (C=O) groups excluding carboxylic acids is 4. The fraction of sp³-hybridized carbons (Fsp3) is 0.382. The van der Waals surface area contributed by atoms with Crippen LogP contribution < -0.4 is 14.8 Å². The molecular formula is C55H59ClFN7O7. The first-order valence-corrected chi connectivity index (χ1v) is 24.6. The Morgan fingerprint density at radius 3 is 2.38 bits per heavy atom. The van der Waals surface area contributed by atoms with E-state index in [-0.39, 0.29) is 36.6 Å². The molecule has 14 nitrogen and oxygen atoms in total. The zero-order valence-electron chi connectivity index (χ0n) is 41.3. The number of amides is 3. The van der Waals surface area contributed by atoms with Crippen LogP contribution in [0.15, 0.2) is 72.8 Å². The fourth-order valence-electron chi connectivity index (χ4n) is 10.1. The Balaban J connectivity index is 0.927. The van der Waals surface area contributed by atoms with Gasteiger partial charge < -0.3 is 23.7 Å². The van der Waals surface area contributed by atoms with Gasteiger partial charge in [-0.05, 0) is 126 Å². The SMILES string of the molecule is Cc1nc2cc(OCC(=O)N3CCN(CCn4c(C(=O)OC(C)(C)C)c(CCCOc5cccc6cc(F)ccc56)c5ccc(Cl)c(-c6c(C)nn(C)c6C)c54)CC3)ccc2cc1C1CCC(=O)NC1=O. The molecule has 1 atom stereocenters. The zero-order valence-corrected chi connectivity index (χ0v) is 42.0. The van der Waals surface area contributed by atoms with Gasteiger partial charge in [-0.2, -0.15) is 5.10 Å². The molecule has 0 bridgehead atoms. The second-order valence-corrected chi connectivity index (χ2v) is 20.0. The number of hydrogen-bond acceptors (Lipinski definition) is 10. The van der Waals surface area contributed by atoms with Crippen LogP contribution in [0.5, 0.6) is 11.5 Å². The van der Waals surface area contributed by atoms with Crippen LogP contribution in [0, 0.1) is 26.6 Å². The third kappa shape index (κ3) is 10.3. The van der Waals surface area contributed by atoms with Crippen molar-refractivity contribution in [1.29, 1.82) is 0 Å². The summed E-state index contributed by atoms with van der Waals surface area (Å²) < 4.78 is 36.5. The predicted molar refractivity (Wildman–Crippen MR) is 272 cm³/mol. The number of piperazine rings is 1. The van der Waals surface area contributed by atoms with Gasteiger partial charge >= 0.3 is 5.97 Å². The monoisotopic (exact) mass is 983 g/mol. The van der Waals surface area contributed by atoms with Crippen LogP contribution in [0.4, 0.5) is 4.39 Å². The zero-order chi connectivity index (χ0) is 50.3. The molecule has 71 heavy (non-hydrogen) atoms. The van der Waals surface area contributed by atoms with Crippen LogP contribution in [-0.4, -0.2) is 104 Å². The molecule has 0 spiro atoms. The average Bonchev–Trinajstić information content (AvgIpc) is 3.78. The number of fused-ring (bicyclic) bond motifs is 3. The number of halogens is 2. The van der Waals surface area contributed by atoms with Crippen LogP contribution >= 0.6 is 11.6 Å². The quantitative estimate of drug-likeness (QED) is 0.0635. The summed E-state index contributed by atoms with van der Waals surface area (Å²) >= 11 is 7.20. The molecule has 370 valence electrons. The molecular weight excluding hydrogens is 925 g/mol. The smallest absolute Gasteiger partial charge is 0.355 e. The maximum Gasteiger partial charge on any atom is 0.355 e. The lowest BCUT2D eigenvalue weighted by molar-refractivity contribution is -0.135. The van der Waals surface area contributed by atoms with Crippen molar-refractivity contribution in [3.63, 3.8) is 0 Å². The van der Waals surface area contributed by atoms with Crippen molar-refractivity contribution in [2.75, 3.05) is 45.9 Å². The summed E-state index contributed by atoms with van der Waals surface area (Å²) in [6, 6.07) is 21.5. The van der Waals surface area contributed by atoms with Gasteiger partial charge in [0, 0.05) is 97.5 Å². The molecule has 1 N–H and O–H groups in total. The Morgan fingerprint density at radius 2 is 1.65 bits per heavy atom. The van der Waals surface area contributed by atoms with Crippen LogP contribution in [-0.2, 0) is 39.1 Å². The highest BCUT2D eigenvalue weighted by Crippen LogP contribution is 2.43. The number of ether oxygens (including phenoxy) is 3. The van der Waals surface area contributed by atoms with Gasteiger partial charge in [0.25, 0.3) is 5.91 Å². The normalized spacial score (nSPS) is 15.7. The van der Waals surface area contributed by atoms with Crippen molar-refractivity contribution in [2.24, 2.45) is 7.05 Å². The number of rotatable bonds is 14. The van der Waals surface area contributed by atoms with Gasteiger partial charge in [0.15, 0.2) is 6.61 Å². The minimum atomic E-state index is -0.774. The lowest BCUT2D eigenvalue weighted by Gasteiger charge is -2.35. The molecule has 9 rings (SSSR count). The van der Waals surface area contributed by atoms with Crippen molar-refractivity contribution < 1.29 is 37.8 Å². The molecule has 7 aromatic rings. The topological polar surface area (TPSA) is 150 Å². The number of carbonyl (C=O) groups is 4. The lowest BCUT2D eigenvalue weighted by atomic mass is 9.89. The number of imide groups is 1. The molecule has 2 saturated heterocycles. The van der Waals surface area contributed by atoms with E-state index in [0.717, 1.165) is 60.7 Å². The largest absolute Gasteiger partial charge is 0.493 e. The number of nitrogens with one attached hydrogen (secondary N) is 1. The van der Waals surface area contributed by atoms with E-state index in [4.69, 9.17) is 35.9 Å². The molecule has 3 aromatic heterocycles. The van der Waals surface area contributed by atoms with Gasteiger partial charge in [0.2, 0.25) is 11.8 Å². The Hall–Kier alpha value is -6.84. The Morgan fingerprint density at radius 1 is 0.873 bits per heavy atom. The molecule has 5 heterocycles. The minimum absolute atomic E-state index is 0.129. The highest BCUT2D eigenvalue weighted by molar-refractivity contribution is 6.35. The summed E-state index contributed by atoms with van der Waals surface area (Å²) in [6.07, 6.45) is 1.79. The first-order chi connectivity index (χ1) is 33.9. The fourth-order valence-corrected chi connectivity index (χ4v) is 10.3. The van der Waals surface area contributed by atoms with Crippen molar-refractivity contribution in [3.05, 3.63) is 118 Å². The number of piperidine rings is 1. The van der Waals surface area contributed by atoms with Crippen molar-refractivity contribution in [1.82, 2.24) is 34.4 Å². The molecule has 2 aliphatic rings. The van der Waals surface area contributed by atoms with Gasteiger partial charge in [-0.3, -0.25) is 34.3 Å². The van der Waals surface area contributed by atoms with Crippen molar-refractivity contribution in [2.45, 2.75) is 85.3 Å². The summed E-state index contributed by atoms with van der Waals surface area (Å²) in [6.45, 7) is 14.8. The maximum absolute atomic E-state index is 14.6. The highest BCUT2D eigenvalue weighted by atomic mass is 35.5. The minimum Gasteiger partial charge on any atom is -0.493 e. The number of hydrogen-bond donors (Lipinski definition) is 1. The number of pyridine rings is 1. The first-order valence-electron chi connectivity index (χ1n) is 24.2. The van der Waals surface area contributed by atoms with Gasteiger partial charge in [0.05, 0.1) is 34.3 Å². The number of nitrogens with zero attached hydrogens (tertiary/aromatic N) is 6. The van der Waals surface area contributed by atoms with Crippen molar-refractivity contribution >= 4 is 67.9 Å². The molecule has 0 aliphatic carbocycles. The summed E-state index contributed by atoms with van der Waals surface area (Å²) in [5.41, 5.74) is 6.97. The number of aromatic nitrogens is 4. The van der Waals surface area contributed by atoms with Gasteiger partial charge in [-0.15, -0.1) is 0 Å². The molecule has 1 unspecified atom stereocenters. The second-order valence-electron chi connectivity index (χ2n) is 19.6. The maximum atomic E-state index is 14.6. The molecule has 2 fully saturated rings. The second kappa shape index (κ2) is 20.1. The summed E-state index contributed by atoms with van der Waals surface area (Å²) in [5.74, 6) is -0.712. The van der Waals surface area contributed by atoms with Crippen LogP contribution in [0.1, 0.15) is 84.6 Å². The van der Waals surface area contributed by atoms with E-state index in [1.165, 1.54) is 12.1 Å². The van der Waals surface area contributed by atoms with Crippen LogP contribution in [0.3, 0.4) is 0 Å². The molecule has 0 saturated carbocycles. The Labute approximate surface area is 417 Å². The summed E-state index contributed by atoms with van der Waals surface area (Å²) in [7, 11) is 1.91. The highest BCUT2D eigenvalue weighted by Gasteiger charge is 2.33. The van der Waals surface area contributed by atoms with E-state index in [1.54, 1.807) is 18.2 Å². The van der Waals surface area contributed by atoms with E-state index >= 15 is 0 Å². The van der Waals surface area contributed by atoms with Gasteiger partial charge in [-0.1, -0.05) is 29.8 Å². The first kappa shape index (κ1) is 49.2. The number of esters is 1.